The molecule has 6 heteroatoms. The Morgan fingerprint density at radius 2 is 0.512 bits per heavy atom. The molecule has 0 saturated heterocycles. The monoisotopic (exact) mass is 1120 g/mol. The van der Waals surface area contributed by atoms with Gasteiger partial charge in [-0.3, -0.25) is 14.4 Å². The van der Waals surface area contributed by atoms with Crippen molar-refractivity contribution in [1.82, 2.24) is 0 Å². The van der Waals surface area contributed by atoms with Crippen LogP contribution in [0.25, 0.3) is 0 Å². The Bertz CT molecular complexity index is 1430. The fourth-order valence-corrected chi connectivity index (χ4v) is 10.5. The lowest BCUT2D eigenvalue weighted by atomic mass is 10.0. The molecular weight excluding hydrogens is 985 g/mol. The summed E-state index contributed by atoms with van der Waals surface area (Å²) in [5.41, 5.74) is 0. The van der Waals surface area contributed by atoms with Gasteiger partial charge >= 0.3 is 17.9 Å². The predicted molar refractivity (Wildman–Crippen MR) is 348 cm³/mol. The normalized spacial score (nSPS) is 12.4. The van der Waals surface area contributed by atoms with Crippen LogP contribution in [-0.4, -0.2) is 37.2 Å². The van der Waals surface area contributed by atoms with Gasteiger partial charge in [-0.25, -0.2) is 0 Å². The Morgan fingerprint density at radius 1 is 0.263 bits per heavy atom. The van der Waals surface area contributed by atoms with Gasteiger partial charge in [0.15, 0.2) is 6.10 Å². The first-order chi connectivity index (χ1) is 39.5. The average molecular weight is 1120 g/mol. The van der Waals surface area contributed by atoms with E-state index in [1.54, 1.807) is 0 Å². The largest absolute Gasteiger partial charge is 0.462 e. The van der Waals surface area contributed by atoms with Gasteiger partial charge in [-0.1, -0.05) is 338 Å². The summed E-state index contributed by atoms with van der Waals surface area (Å²) in [5.74, 6) is -0.856. The predicted octanol–water partition coefficient (Wildman–Crippen LogP) is 24.3. The number of ether oxygens (including phenoxy) is 3. The van der Waals surface area contributed by atoms with Gasteiger partial charge in [0.25, 0.3) is 0 Å². The Kier molecular flexibility index (Phi) is 66.1. The lowest BCUT2D eigenvalue weighted by molar-refractivity contribution is -0.167. The van der Waals surface area contributed by atoms with Crippen LogP contribution in [0.15, 0.2) is 60.8 Å². The number of unbranched alkanes of at least 4 members (excludes halogenated alkanes) is 44. The van der Waals surface area contributed by atoms with Crippen molar-refractivity contribution in [3.05, 3.63) is 60.8 Å². The minimum atomic E-state index is -0.773. The van der Waals surface area contributed by atoms with E-state index in [1.807, 2.05) is 0 Å². The maximum absolute atomic E-state index is 12.9. The summed E-state index contributed by atoms with van der Waals surface area (Å²) in [7, 11) is 0. The number of hydrogen-bond acceptors (Lipinski definition) is 6. The Morgan fingerprint density at radius 3 is 0.825 bits per heavy atom. The van der Waals surface area contributed by atoms with Crippen molar-refractivity contribution in [3.63, 3.8) is 0 Å². The quantitative estimate of drug-likeness (QED) is 0.0261. The molecule has 0 spiro atoms. The van der Waals surface area contributed by atoms with Crippen LogP contribution < -0.4 is 0 Å². The van der Waals surface area contributed by atoms with E-state index in [-0.39, 0.29) is 31.1 Å². The van der Waals surface area contributed by atoms with Crippen LogP contribution in [0.1, 0.15) is 374 Å². The number of carbonyl (C=O) groups is 3. The van der Waals surface area contributed by atoms with E-state index < -0.39 is 6.10 Å². The Labute approximate surface area is 498 Å². The van der Waals surface area contributed by atoms with Crippen molar-refractivity contribution >= 4 is 17.9 Å². The van der Waals surface area contributed by atoms with Gasteiger partial charge in [-0.15, -0.1) is 0 Å². The first-order valence-electron chi connectivity index (χ1n) is 35.3. The summed E-state index contributed by atoms with van der Waals surface area (Å²) in [6.07, 6.45) is 88.4. The molecule has 0 bridgehead atoms. The van der Waals surface area contributed by atoms with Gasteiger partial charge in [0, 0.05) is 19.3 Å². The molecule has 0 heterocycles. The number of esters is 3. The highest BCUT2D eigenvalue weighted by Crippen LogP contribution is 2.18. The molecule has 0 fully saturated rings. The number of allylic oxidation sites excluding steroid dienone is 10. The highest BCUT2D eigenvalue weighted by molar-refractivity contribution is 5.71. The minimum absolute atomic E-state index is 0.0704. The second kappa shape index (κ2) is 68.6. The van der Waals surface area contributed by atoms with Crippen molar-refractivity contribution in [2.75, 3.05) is 13.2 Å². The van der Waals surface area contributed by atoms with Crippen molar-refractivity contribution in [1.29, 1.82) is 0 Å². The first-order valence-corrected chi connectivity index (χ1v) is 35.3. The van der Waals surface area contributed by atoms with Crippen LogP contribution >= 0.6 is 0 Å². The van der Waals surface area contributed by atoms with Crippen LogP contribution in [0.2, 0.25) is 0 Å². The third-order valence-electron chi connectivity index (χ3n) is 15.7. The molecule has 1 atom stereocenters. The zero-order valence-electron chi connectivity index (χ0n) is 53.6. The lowest BCUT2D eigenvalue weighted by Crippen LogP contribution is -2.30. The van der Waals surface area contributed by atoms with Gasteiger partial charge in [-0.05, 0) is 77.0 Å². The second-order valence-corrected chi connectivity index (χ2v) is 23.8. The molecule has 0 aromatic rings. The van der Waals surface area contributed by atoms with Gasteiger partial charge in [0.1, 0.15) is 13.2 Å². The second-order valence-electron chi connectivity index (χ2n) is 23.8. The van der Waals surface area contributed by atoms with Crippen molar-refractivity contribution in [3.8, 4) is 0 Å². The Balaban J connectivity index is 4.07. The third kappa shape index (κ3) is 65.9. The van der Waals surface area contributed by atoms with Gasteiger partial charge < -0.3 is 14.2 Å². The molecule has 80 heavy (non-hydrogen) atoms. The Hall–Kier alpha value is -2.89. The molecule has 0 amide bonds. The average Bonchev–Trinajstić information content (AvgIpc) is 3.46. The molecule has 0 radical (unpaired) electrons. The van der Waals surface area contributed by atoms with Crippen molar-refractivity contribution in [2.24, 2.45) is 0 Å². The lowest BCUT2D eigenvalue weighted by Gasteiger charge is -2.18. The smallest absolute Gasteiger partial charge is 0.306 e. The summed E-state index contributed by atoms with van der Waals surface area (Å²) in [6.45, 7) is 6.52. The molecule has 0 saturated carbocycles. The highest BCUT2D eigenvalue weighted by Gasteiger charge is 2.19. The number of hydrogen-bond donors (Lipinski definition) is 0. The molecule has 466 valence electrons. The summed E-state index contributed by atoms with van der Waals surface area (Å²) in [5, 5.41) is 0. The first kappa shape index (κ1) is 77.1. The van der Waals surface area contributed by atoms with Crippen LogP contribution in [0.3, 0.4) is 0 Å². The standard InChI is InChI=1S/C74H134O6/c1-4-7-10-13-16-19-22-24-26-28-30-31-32-33-34-35-36-37-38-39-40-41-42-43-45-46-48-50-52-55-58-61-64-67-73(76)79-70-71(69-78-72(75)66-63-60-57-54-21-18-15-12-9-6-3)80-74(77)68-65-62-59-56-53-51-49-47-44-29-27-25-23-20-17-14-11-8-5-2/h7,10,12,15-16,19,24,26,30-31,71H,4-6,8-9,11,13-14,17-18,20-23,25,27-29,32-70H2,1-3H3/b10-7-,15-12-,19-16-,26-24-,31-30-. The van der Waals surface area contributed by atoms with E-state index in [4.69, 9.17) is 14.2 Å². The van der Waals surface area contributed by atoms with E-state index in [9.17, 15) is 14.4 Å². The highest BCUT2D eigenvalue weighted by atomic mass is 16.6. The zero-order valence-corrected chi connectivity index (χ0v) is 53.6. The molecule has 0 aliphatic rings. The van der Waals surface area contributed by atoms with Gasteiger partial charge in [-0.2, -0.15) is 0 Å². The molecular formula is C74H134O6. The summed E-state index contributed by atoms with van der Waals surface area (Å²) < 4.78 is 16.9. The van der Waals surface area contributed by atoms with E-state index in [2.05, 4.69) is 81.5 Å². The SMILES string of the molecule is CC/C=C\C/C=C\C/C=C\C/C=C\CCCCCCCCCCCCCCCCCCCCCCC(=O)OCC(COC(=O)CCCCCCC/C=C\CCC)OC(=O)CCCCCCCCCCCCCCCCCCCCC. The zero-order chi connectivity index (χ0) is 57.8. The van der Waals surface area contributed by atoms with E-state index in [1.165, 1.54) is 238 Å². The fraction of sp³-hybridized carbons (Fsp3) is 0.824. The minimum Gasteiger partial charge on any atom is -0.462 e. The topological polar surface area (TPSA) is 78.9 Å². The molecule has 0 N–H and O–H groups in total. The maximum atomic E-state index is 12.9. The van der Waals surface area contributed by atoms with Crippen molar-refractivity contribution in [2.45, 2.75) is 380 Å². The number of carbonyl (C=O) groups excluding carboxylic acids is 3. The molecule has 0 aliphatic carbocycles. The van der Waals surface area contributed by atoms with Crippen LogP contribution in [0, 0.1) is 0 Å². The van der Waals surface area contributed by atoms with Crippen LogP contribution in [0.5, 0.6) is 0 Å². The van der Waals surface area contributed by atoms with E-state index in [0.29, 0.717) is 19.3 Å². The summed E-state index contributed by atoms with van der Waals surface area (Å²) in [4.78, 5) is 38.3. The number of rotatable bonds is 65. The molecule has 6 nitrogen and oxygen atoms in total. The summed E-state index contributed by atoms with van der Waals surface area (Å²) in [6, 6.07) is 0. The van der Waals surface area contributed by atoms with Crippen LogP contribution in [-0.2, 0) is 28.6 Å². The van der Waals surface area contributed by atoms with Crippen molar-refractivity contribution < 1.29 is 28.6 Å². The summed E-state index contributed by atoms with van der Waals surface area (Å²) >= 11 is 0. The van der Waals surface area contributed by atoms with E-state index in [0.717, 1.165) is 96.3 Å². The van der Waals surface area contributed by atoms with Crippen LogP contribution in [0.4, 0.5) is 0 Å². The van der Waals surface area contributed by atoms with Gasteiger partial charge in [0.2, 0.25) is 0 Å². The molecule has 1 unspecified atom stereocenters. The molecule has 0 aliphatic heterocycles. The maximum Gasteiger partial charge on any atom is 0.306 e. The fourth-order valence-electron chi connectivity index (χ4n) is 10.5. The van der Waals surface area contributed by atoms with Gasteiger partial charge in [0.05, 0.1) is 0 Å². The molecule has 0 aromatic heterocycles. The third-order valence-corrected chi connectivity index (χ3v) is 15.7. The van der Waals surface area contributed by atoms with E-state index >= 15 is 0 Å². The molecule has 0 aromatic carbocycles. The molecule has 0 rings (SSSR count).